The van der Waals surface area contributed by atoms with Gasteiger partial charge in [0.15, 0.2) is 0 Å². The predicted octanol–water partition coefficient (Wildman–Crippen LogP) is 5.74. The summed E-state index contributed by atoms with van der Waals surface area (Å²) in [5.74, 6) is 2.98. The molecule has 0 aliphatic heterocycles. The Bertz CT molecular complexity index is 406. The summed E-state index contributed by atoms with van der Waals surface area (Å²) in [4.78, 5) is 1.38. The Morgan fingerprint density at radius 1 is 1.19 bits per heavy atom. The molecule has 2 rings (SSSR count). The van der Waals surface area contributed by atoms with Crippen LogP contribution in [0.5, 0.6) is 0 Å². The van der Waals surface area contributed by atoms with Crippen LogP contribution in [0.25, 0.3) is 0 Å². The number of thioether (sulfide) groups is 1. The SMILES string of the molecule is CCNC(CSc1ccc(Br)cc1)C1CCCCC1CC. The Balaban J connectivity index is 1.95. The van der Waals surface area contributed by atoms with Gasteiger partial charge in [-0.15, -0.1) is 11.8 Å². The van der Waals surface area contributed by atoms with Gasteiger partial charge < -0.3 is 5.32 Å². The van der Waals surface area contributed by atoms with Gasteiger partial charge in [-0.05, 0) is 49.1 Å². The van der Waals surface area contributed by atoms with E-state index in [0.717, 1.165) is 22.9 Å². The monoisotopic (exact) mass is 369 g/mol. The molecule has 0 heterocycles. The van der Waals surface area contributed by atoms with Gasteiger partial charge in [-0.25, -0.2) is 0 Å². The van der Waals surface area contributed by atoms with Crippen LogP contribution in [0.3, 0.4) is 0 Å². The van der Waals surface area contributed by atoms with Crippen LogP contribution in [0.15, 0.2) is 33.6 Å². The molecule has 1 aliphatic rings. The van der Waals surface area contributed by atoms with Crippen LogP contribution in [0.1, 0.15) is 46.0 Å². The lowest BCUT2D eigenvalue weighted by molar-refractivity contribution is 0.186. The normalized spacial score (nSPS) is 24.0. The zero-order chi connectivity index (χ0) is 15.1. The average molecular weight is 370 g/mol. The molecule has 0 amide bonds. The Labute approximate surface area is 142 Å². The summed E-state index contributed by atoms with van der Waals surface area (Å²) in [5, 5.41) is 3.77. The summed E-state index contributed by atoms with van der Waals surface area (Å²) in [6.45, 7) is 5.69. The number of rotatable bonds is 7. The maximum atomic E-state index is 3.77. The second-order valence-electron chi connectivity index (χ2n) is 6.05. The molecule has 1 fully saturated rings. The summed E-state index contributed by atoms with van der Waals surface area (Å²) < 4.78 is 1.16. The first-order valence-electron chi connectivity index (χ1n) is 8.36. The van der Waals surface area contributed by atoms with Crippen molar-refractivity contribution in [3.8, 4) is 0 Å². The van der Waals surface area contributed by atoms with E-state index in [-0.39, 0.29) is 0 Å². The van der Waals surface area contributed by atoms with Gasteiger partial charge in [0.25, 0.3) is 0 Å². The van der Waals surface area contributed by atoms with E-state index in [1.54, 1.807) is 0 Å². The third kappa shape index (κ3) is 5.30. The Morgan fingerprint density at radius 2 is 1.90 bits per heavy atom. The molecular weight excluding hydrogens is 342 g/mol. The van der Waals surface area contributed by atoms with Crippen LogP contribution in [0.4, 0.5) is 0 Å². The van der Waals surface area contributed by atoms with Gasteiger partial charge in [0, 0.05) is 21.2 Å². The van der Waals surface area contributed by atoms with E-state index >= 15 is 0 Å². The number of halogens is 1. The summed E-state index contributed by atoms with van der Waals surface area (Å²) in [5.41, 5.74) is 0. The van der Waals surface area contributed by atoms with Crippen LogP contribution >= 0.6 is 27.7 Å². The van der Waals surface area contributed by atoms with Crippen molar-refractivity contribution in [2.75, 3.05) is 12.3 Å². The summed E-state index contributed by atoms with van der Waals surface area (Å²) in [6.07, 6.45) is 7.05. The lowest BCUT2D eigenvalue weighted by atomic mass is 9.74. The maximum Gasteiger partial charge on any atom is 0.0192 e. The third-order valence-corrected chi connectivity index (χ3v) is 6.38. The standard InChI is InChI=1S/C18H28BrNS/c1-3-14-7-5-6-8-17(14)18(20-4-2)13-21-16-11-9-15(19)10-12-16/h9-12,14,17-18,20H,3-8,13H2,1-2H3. The molecule has 1 aromatic rings. The molecule has 3 unspecified atom stereocenters. The van der Waals surface area contributed by atoms with E-state index in [2.05, 4.69) is 59.4 Å². The van der Waals surface area contributed by atoms with Crippen molar-refractivity contribution < 1.29 is 0 Å². The first-order valence-corrected chi connectivity index (χ1v) is 10.1. The molecule has 0 radical (unpaired) electrons. The number of benzene rings is 1. The first-order chi connectivity index (χ1) is 10.2. The highest BCUT2D eigenvalue weighted by molar-refractivity contribution is 9.10. The molecular formula is C18H28BrNS. The Kier molecular flexibility index (Phi) is 7.62. The van der Waals surface area contributed by atoms with Crippen molar-refractivity contribution >= 4 is 27.7 Å². The molecule has 1 saturated carbocycles. The van der Waals surface area contributed by atoms with Crippen LogP contribution in [-0.2, 0) is 0 Å². The van der Waals surface area contributed by atoms with Crippen molar-refractivity contribution in [3.63, 3.8) is 0 Å². The Morgan fingerprint density at radius 3 is 2.57 bits per heavy atom. The average Bonchev–Trinajstić information content (AvgIpc) is 2.53. The molecule has 0 saturated heterocycles. The lowest BCUT2D eigenvalue weighted by Crippen LogP contribution is -2.42. The smallest absolute Gasteiger partial charge is 0.0192 e. The van der Waals surface area contributed by atoms with Crippen LogP contribution in [-0.4, -0.2) is 18.3 Å². The fourth-order valence-electron chi connectivity index (χ4n) is 3.59. The van der Waals surface area contributed by atoms with Gasteiger partial charge in [0.05, 0.1) is 0 Å². The largest absolute Gasteiger partial charge is 0.313 e. The molecule has 0 aromatic heterocycles. The molecule has 1 aromatic carbocycles. The van der Waals surface area contributed by atoms with Gasteiger partial charge in [0.1, 0.15) is 0 Å². The fraction of sp³-hybridized carbons (Fsp3) is 0.667. The zero-order valence-corrected chi connectivity index (χ0v) is 15.7. The van der Waals surface area contributed by atoms with Crippen LogP contribution < -0.4 is 5.32 Å². The van der Waals surface area contributed by atoms with Crippen molar-refractivity contribution in [1.82, 2.24) is 5.32 Å². The molecule has 0 bridgehead atoms. The van der Waals surface area contributed by atoms with E-state index < -0.39 is 0 Å². The van der Waals surface area contributed by atoms with Crippen molar-refractivity contribution in [2.24, 2.45) is 11.8 Å². The topological polar surface area (TPSA) is 12.0 Å². The quantitative estimate of drug-likeness (QED) is 0.615. The lowest BCUT2D eigenvalue weighted by Gasteiger charge is -2.37. The molecule has 0 spiro atoms. The first kappa shape index (κ1) is 17.4. The molecule has 3 atom stereocenters. The summed E-state index contributed by atoms with van der Waals surface area (Å²) in [6, 6.07) is 9.38. The van der Waals surface area contributed by atoms with Gasteiger partial charge in [-0.2, -0.15) is 0 Å². The zero-order valence-electron chi connectivity index (χ0n) is 13.3. The summed E-state index contributed by atoms with van der Waals surface area (Å²) >= 11 is 5.51. The van der Waals surface area contributed by atoms with E-state index in [1.807, 2.05) is 11.8 Å². The molecule has 21 heavy (non-hydrogen) atoms. The van der Waals surface area contributed by atoms with E-state index in [9.17, 15) is 0 Å². The minimum atomic E-state index is 0.661. The van der Waals surface area contributed by atoms with Crippen molar-refractivity contribution in [3.05, 3.63) is 28.7 Å². The maximum absolute atomic E-state index is 3.77. The van der Waals surface area contributed by atoms with E-state index in [4.69, 9.17) is 0 Å². The van der Waals surface area contributed by atoms with Gasteiger partial charge in [-0.1, -0.05) is 55.5 Å². The molecule has 1 nitrogen and oxygen atoms in total. The second kappa shape index (κ2) is 9.22. The van der Waals surface area contributed by atoms with E-state index in [1.165, 1.54) is 42.8 Å². The number of nitrogens with one attached hydrogen (secondary N) is 1. The number of hydrogen-bond acceptors (Lipinski definition) is 2. The van der Waals surface area contributed by atoms with Crippen molar-refractivity contribution in [2.45, 2.75) is 56.9 Å². The molecule has 118 valence electrons. The minimum absolute atomic E-state index is 0.661. The highest BCUT2D eigenvalue weighted by Gasteiger charge is 2.30. The predicted molar refractivity (Wildman–Crippen MR) is 98.1 cm³/mol. The highest BCUT2D eigenvalue weighted by atomic mass is 79.9. The fourth-order valence-corrected chi connectivity index (χ4v) is 4.92. The molecule has 1 N–H and O–H groups in total. The number of hydrogen-bond donors (Lipinski definition) is 1. The van der Waals surface area contributed by atoms with Crippen molar-refractivity contribution in [1.29, 1.82) is 0 Å². The van der Waals surface area contributed by atoms with Crippen LogP contribution in [0.2, 0.25) is 0 Å². The third-order valence-electron chi connectivity index (χ3n) is 4.72. The van der Waals surface area contributed by atoms with Crippen LogP contribution in [0, 0.1) is 11.8 Å². The second-order valence-corrected chi connectivity index (χ2v) is 8.05. The Hall–Kier alpha value is 0.01000. The van der Waals surface area contributed by atoms with Gasteiger partial charge in [-0.3, -0.25) is 0 Å². The van der Waals surface area contributed by atoms with Gasteiger partial charge >= 0.3 is 0 Å². The van der Waals surface area contributed by atoms with E-state index in [0.29, 0.717) is 6.04 Å². The summed E-state index contributed by atoms with van der Waals surface area (Å²) in [7, 11) is 0. The minimum Gasteiger partial charge on any atom is -0.313 e. The molecule has 3 heteroatoms. The highest BCUT2D eigenvalue weighted by Crippen LogP contribution is 2.36. The van der Waals surface area contributed by atoms with Gasteiger partial charge in [0.2, 0.25) is 0 Å². The molecule has 1 aliphatic carbocycles.